The van der Waals surface area contributed by atoms with Crippen LogP contribution < -0.4 is 26.2 Å². The van der Waals surface area contributed by atoms with Crippen molar-refractivity contribution in [3.8, 4) is 11.4 Å². The maximum absolute atomic E-state index is 14.5. The Balaban J connectivity index is 1.35. The van der Waals surface area contributed by atoms with Crippen LogP contribution in [0.4, 0.5) is 22.9 Å². The zero-order chi connectivity index (χ0) is 49.4. The number of anilines is 4. The molecule has 0 bridgehead atoms. The third kappa shape index (κ3) is 15.1. The number of para-hydroxylation sites is 1. The van der Waals surface area contributed by atoms with Gasteiger partial charge in [-0.05, 0) is 96.7 Å². The first kappa shape index (κ1) is 54.6. The first-order valence-corrected chi connectivity index (χ1v) is 26.5. The quantitative estimate of drug-likeness (QED) is 0.0389. The van der Waals surface area contributed by atoms with Gasteiger partial charge in [-0.1, -0.05) is 190 Å². The smallest absolute Gasteiger partial charge is 0.287 e. The summed E-state index contributed by atoms with van der Waals surface area (Å²) in [5.74, 6) is 0.615. The number of benzene rings is 4. The van der Waals surface area contributed by atoms with Crippen molar-refractivity contribution >= 4 is 81.3 Å². The van der Waals surface area contributed by atoms with E-state index in [-0.39, 0.29) is 32.6 Å². The van der Waals surface area contributed by atoms with Crippen molar-refractivity contribution in [2.75, 3.05) is 16.0 Å². The van der Waals surface area contributed by atoms with Crippen LogP contribution in [-0.4, -0.2) is 27.7 Å². The van der Waals surface area contributed by atoms with Gasteiger partial charge in [0.1, 0.15) is 16.5 Å². The number of nitrogens with one attached hydrogen (secondary N) is 4. The van der Waals surface area contributed by atoms with Gasteiger partial charge >= 0.3 is 0 Å². The number of nitrogens with zero attached hydrogens (tertiary/aromatic N) is 1. The van der Waals surface area contributed by atoms with Gasteiger partial charge < -0.3 is 20.7 Å². The molecule has 13 heteroatoms. The van der Waals surface area contributed by atoms with Gasteiger partial charge in [-0.2, -0.15) is 0 Å². The lowest BCUT2D eigenvalue weighted by Crippen LogP contribution is -2.33. The molecule has 9 nitrogen and oxygen atoms in total. The molecule has 0 aliphatic carbocycles. The lowest BCUT2D eigenvalue weighted by Gasteiger charge is -2.31. The Morgan fingerprint density at radius 1 is 0.721 bits per heavy atom. The van der Waals surface area contributed by atoms with Crippen molar-refractivity contribution in [2.45, 2.75) is 178 Å². The molecule has 0 aliphatic heterocycles. The molecule has 5 rings (SSSR count). The van der Waals surface area contributed by atoms with Gasteiger partial charge in [-0.15, -0.1) is 0 Å². The van der Waals surface area contributed by atoms with Crippen LogP contribution in [0.5, 0.6) is 5.75 Å². The summed E-state index contributed by atoms with van der Waals surface area (Å²) in [6.07, 6.45) is 15.2. The molecule has 368 valence electrons. The molecule has 4 N–H and O–H groups in total. The van der Waals surface area contributed by atoms with Crippen molar-refractivity contribution in [1.29, 1.82) is 0 Å². The van der Waals surface area contributed by atoms with Crippen LogP contribution in [0.3, 0.4) is 0 Å². The fourth-order valence-corrected chi connectivity index (χ4v) is 9.51. The highest BCUT2D eigenvalue weighted by Gasteiger charge is 2.30. The molecular formula is C55H72Cl3N5O4S. The number of H-pyrrole nitrogens is 1. The third-order valence-corrected chi connectivity index (χ3v) is 15.1. The van der Waals surface area contributed by atoms with Crippen molar-refractivity contribution in [2.24, 2.45) is 0 Å². The first-order chi connectivity index (χ1) is 32.5. The minimum Gasteiger partial charge on any atom is -0.480 e. The molecule has 0 fully saturated rings. The van der Waals surface area contributed by atoms with Crippen LogP contribution in [0, 0.1) is 0 Å². The second kappa shape index (κ2) is 26.0. The molecule has 2 amide bonds. The van der Waals surface area contributed by atoms with Crippen molar-refractivity contribution in [3.05, 3.63) is 115 Å². The fourth-order valence-electron chi connectivity index (χ4n) is 7.87. The largest absolute Gasteiger partial charge is 0.480 e. The second-order valence-electron chi connectivity index (χ2n) is 19.0. The molecule has 0 saturated heterocycles. The number of hydrogen-bond acceptors (Lipinski definition) is 6. The Hall–Kier alpha value is -4.35. The number of amides is 2. The van der Waals surface area contributed by atoms with Gasteiger partial charge in [-0.25, -0.2) is 4.68 Å². The number of carbonyl (C=O) groups excluding carboxylic acids is 2. The molecular weight excluding hydrogens is 933 g/mol. The summed E-state index contributed by atoms with van der Waals surface area (Å²) < 4.78 is 7.94. The van der Waals surface area contributed by atoms with E-state index in [1.54, 1.807) is 42.5 Å². The van der Waals surface area contributed by atoms with E-state index in [9.17, 15) is 14.4 Å². The number of unbranched alkanes of at least 4 members (excludes halogenated alkanes) is 10. The van der Waals surface area contributed by atoms with Gasteiger partial charge in [0.25, 0.3) is 11.5 Å². The highest BCUT2D eigenvalue weighted by molar-refractivity contribution is 7.99. The number of aromatic amines is 1. The summed E-state index contributed by atoms with van der Waals surface area (Å²) >= 11 is 20.8. The van der Waals surface area contributed by atoms with E-state index in [0.29, 0.717) is 62.1 Å². The number of halogens is 3. The zero-order valence-corrected chi connectivity index (χ0v) is 44.4. The summed E-state index contributed by atoms with van der Waals surface area (Å²) in [7, 11) is 0. The lowest BCUT2D eigenvalue weighted by atomic mass is 9.76. The number of rotatable bonds is 27. The van der Waals surface area contributed by atoms with E-state index in [2.05, 4.69) is 81.6 Å². The van der Waals surface area contributed by atoms with E-state index in [1.807, 2.05) is 31.2 Å². The van der Waals surface area contributed by atoms with E-state index in [0.717, 1.165) is 37.7 Å². The average Bonchev–Trinajstić information content (AvgIpc) is 3.61. The summed E-state index contributed by atoms with van der Waals surface area (Å²) in [5.41, 5.74) is 3.59. The third-order valence-electron chi connectivity index (χ3n) is 13.1. The Labute approximate surface area is 424 Å². The standard InChI is InChI=1S/C55H72Cl3N5O4S/c1-9-13-14-15-16-17-18-19-20-21-22-27-49(64)59-39-30-31-41(57)44(36-39)60-51-50(53(66)63(62-51)45-32-29-38(56)35-42(45)58)68-48-26-24-23-25-43(48)61-52(65)46(10-2)67-47-33-28-37(54(5,6)11-3)34-40(47)55(7,8)12-4/h23-26,28-36,46,60,62H,9-22,27H2,1-8H3,(H,59,64)(H,61,65). The molecule has 0 aliphatic rings. The van der Waals surface area contributed by atoms with Crippen LogP contribution >= 0.6 is 46.6 Å². The second-order valence-corrected chi connectivity index (χ2v) is 21.3. The van der Waals surface area contributed by atoms with Crippen LogP contribution in [-0.2, 0) is 20.4 Å². The topological polar surface area (TPSA) is 117 Å². The number of aromatic nitrogens is 2. The van der Waals surface area contributed by atoms with Gasteiger partial charge in [0.05, 0.1) is 27.1 Å². The van der Waals surface area contributed by atoms with Crippen molar-refractivity contribution < 1.29 is 14.3 Å². The summed E-state index contributed by atoms with van der Waals surface area (Å²) in [4.78, 5) is 42.6. The number of carbonyl (C=O) groups is 2. The van der Waals surface area contributed by atoms with Gasteiger partial charge in [0.15, 0.2) is 6.10 Å². The SMILES string of the molecule is CCCCCCCCCCCCCC(=O)Nc1ccc(Cl)c(Nc2[nH]n(-c3ccc(Cl)cc3Cl)c(=O)c2Sc2ccccc2NC(=O)C(CC)Oc2ccc(C(C)(C)CC)cc2C(C)(C)CC)c1. The Bertz CT molecular complexity index is 2520. The number of ether oxygens (including phenoxy) is 1. The number of hydrogen-bond donors (Lipinski definition) is 4. The highest BCUT2D eigenvalue weighted by Crippen LogP contribution is 2.41. The molecule has 5 aromatic rings. The summed E-state index contributed by atoms with van der Waals surface area (Å²) in [6, 6.07) is 23.7. The predicted octanol–water partition coefficient (Wildman–Crippen LogP) is 16.8. The van der Waals surface area contributed by atoms with E-state index in [4.69, 9.17) is 39.5 Å². The maximum atomic E-state index is 14.5. The van der Waals surface area contributed by atoms with Crippen LogP contribution in [0.1, 0.15) is 163 Å². The van der Waals surface area contributed by atoms with Crippen LogP contribution in [0.2, 0.25) is 15.1 Å². The first-order valence-electron chi connectivity index (χ1n) is 24.6. The molecule has 1 heterocycles. The van der Waals surface area contributed by atoms with E-state index in [1.165, 1.54) is 73.4 Å². The van der Waals surface area contributed by atoms with E-state index >= 15 is 0 Å². The minimum absolute atomic E-state index is 0.0152. The zero-order valence-electron chi connectivity index (χ0n) is 41.3. The maximum Gasteiger partial charge on any atom is 0.287 e. The molecule has 0 spiro atoms. The summed E-state index contributed by atoms with van der Waals surface area (Å²) in [5, 5.41) is 13.7. The van der Waals surface area contributed by atoms with Crippen LogP contribution in [0.25, 0.3) is 5.69 Å². The van der Waals surface area contributed by atoms with Gasteiger partial charge in [0.2, 0.25) is 5.91 Å². The van der Waals surface area contributed by atoms with E-state index < -0.39 is 11.7 Å². The molecule has 0 saturated carbocycles. The lowest BCUT2D eigenvalue weighted by molar-refractivity contribution is -0.123. The molecule has 0 radical (unpaired) electrons. The van der Waals surface area contributed by atoms with Crippen molar-refractivity contribution in [3.63, 3.8) is 0 Å². The average molecular weight is 1010 g/mol. The Morgan fingerprint density at radius 3 is 2.03 bits per heavy atom. The molecule has 1 unspecified atom stereocenters. The minimum atomic E-state index is -0.798. The molecule has 1 atom stereocenters. The molecule has 1 aromatic heterocycles. The van der Waals surface area contributed by atoms with Gasteiger partial charge in [-0.3, -0.25) is 19.5 Å². The van der Waals surface area contributed by atoms with Crippen LogP contribution in [0.15, 0.2) is 93.4 Å². The van der Waals surface area contributed by atoms with Gasteiger partial charge in [0, 0.05) is 27.6 Å². The molecule has 4 aromatic carbocycles. The molecule has 68 heavy (non-hydrogen) atoms. The Morgan fingerprint density at radius 2 is 1.38 bits per heavy atom. The monoisotopic (exact) mass is 1000 g/mol. The van der Waals surface area contributed by atoms with Crippen molar-refractivity contribution in [1.82, 2.24) is 9.78 Å². The predicted molar refractivity (Wildman–Crippen MR) is 288 cm³/mol. The Kier molecular flexibility index (Phi) is 20.9. The summed E-state index contributed by atoms with van der Waals surface area (Å²) in [6.45, 7) is 17.4. The highest BCUT2D eigenvalue weighted by atomic mass is 35.5. The normalized spacial score (nSPS) is 12.2. The fraction of sp³-hybridized carbons (Fsp3) is 0.473.